The van der Waals surface area contributed by atoms with Crippen LogP contribution in [0.2, 0.25) is 0 Å². The summed E-state index contributed by atoms with van der Waals surface area (Å²) in [5.74, 6) is -0.184. The molecule has 2 aliphatic rings. The van der Waals surface area contributed by atoms with E-state index in [1.165, 1.54) is 10.9 Å². The number of alkyl halides is 1. The Hall–Kier alpha value is -3.78. The fraction of sp³-hybridized carbons (Fsp3) is 0.607. The molecule has 4 atom stereocenters. The average Bonchev–Trinajstić information content (AvgIpc) is 3.22. The van der Waals surface area contributed by atoms with Crippen LogP contribution in [0.1, 0.15) is 69.5 Å². The van der Waals surface area contributed by atoms with Crippen molar-refractivity contribution < 1.29 is 28.2 Å². The van der Waals surface area contributed by atoms with Crippen LogP contribution >= 0.6 is 0 Å². The first-order valence-corrected chi connectivity index (χ1v) is 14.0. The fourth-order valence-electron chi connectivity index (χ4n) is 4.71. The number of nitrogens with two attached hydrogens (primary N) is 1. The van der Waals surface area contributed by atoms with Crippen molar-refractivity contribution in [3.8, 4) is 0 Å². The number of aliphatic imine (C=N–C) groups is 1. The Kier molecular flexibility index (Phi) is 9.67. The molecule has 2 saturated carbocycles. The zero-order chi connectivity index (χ0) is 30.6. The molecule has 0 bridgehead atoms. The third-order valence-electron chi connectivity index (χ3n) is 7.56. The first-order chi connectivity index (χ1) is 19.9. The average molecular weight is 589 g/mol. The number of amidine groups is 1. The zero-order valence-corrected chi connectivity index (χ0v) is 24.8. The number of amides is 1. The molecular weight excluding hydrogens is 547 g/mol. The van der Waals surface area contributed by atoms with E-state index in [2.05, 4.69) is 32.4 Å². The van der Waals surface area contributed by atoms with Gasteiger partial charge in [-0.3, -0.25) is 9.48 Å². The van der Waals surface area contributed by atoms with Crippen molar-refractivity contribution >= 4 is 23.7 Å². The SMILES string of the molecule is C=CN=C(Nc1cc(C2CC(F)C(OC(=O)NC3(C)CC3)C2)nn1COC(=O)C(N)C(C)C)c1cc(COC)nn1C. The van der Waals surface area contributed by atoms with Gasteiger partial charge in [-0.1, -0.05) is 20.4 Å². The van der Waals surface area contributed by atoms with Crippen LogP contribution in [0.3, 0.4) is 0 Å². The molecule has 13 nitrogen and oxygen atoms in total. The van der Waals surface area contributed by atoms with Gasteiger partial charge in [-0.25, -0.2) is 18.9 Å². The van der Waals surface area contributed by atoms with E-state index in [9.17, 15) is 9.59 Å². The summed E-state index contributed by atoms with van der Waals surface area (Å²) in [7, 11) is 3.35. The third-order valence-corrected chi connectivity index (χ3v) is 7.56. The van der Waals surface area contributed by atoms with Gasteiger partial charge in [0.25, 0.3) is 0 Å². The van der Waals surface area contributed by atoms with Crippen LogP contribution < -0.4 is 16.4 Å². The van der Waals surface area contributed by atoms with Crippen LogP contribution in [0.15, 0.2) is 29.9 Å². The third kappa shape index (κ3) is 7.53. The van der Waals surface area contributed by atoms with Gasteiger partial charge < -0.3 is 30.6 Å². The summed E-state index contributed by atoms with van der Waals surface area (Å²) in [6, 6.07) is 2.76. The van der Waals surface area contributed by atoms with E-state index in [1.807, 2.05) is 26.8 Å². The van der Waals surface area contributed by atoms with E-state index in [0.717, 1.165) is 12.8 Å². The Morgan fingerprint density at radius 1 is 1.31 bits per heavy atom. The molecule has 0 aliphatic heterocycles. The number of carbonyl (C=O) groups excluding carboxylic acids is 2. The van der Waals surface area contributed by atoms with Crippen molar-refractivity contribution in [1.82, 2.24) is 24.9 Å². The van der Waals surface area contributed by atoms with Crippen LogP contribution in [-0.4, -0.2) is 68.4 Å². The largest absolute Gasteiger partial charge is 0.443 e. The number of methoxy groups -OCH3 is 1. The van der Waals surface area contributed by atoms with Crippen molar-refractivity contribution in [3.63, 3.8) is 0 Å². The van der Waals surface area contributed by atoms with E-state index in [1.54, 1.807) is 24.9 Å². The Morgan fingerprint density at radius 3 is 2.69 bits per heavy atom. The molecule has 1 amide bonds. The first-order valence-electron chi connectivity index (χ1n) is 14.0. The summed E-state index contributed by atoms with van der Waals surface area (Å²) in [4.78, 5) is 29.2. The highest BCUT2D eigenvalue weighted by molar-refractivity contribution is 6.07. The molecule has 0 radical (unpaired) electrons. The predicted octanol–water partition coefficient (Wildman–Crippen LogP) is 3.11. The van der Waals surface area contributed by atoms with Crippen LogP contribution in [0.4, 0.5) is 15.0 Å². The van der Waals surface area contributed by atoms with Gasteiger partial charge in [-0.15, -0.1) is 0 Å². The number of ether oxygens (including phenoxy) is 3. The summed E-state index contributed by atoms with van der Waals surface area (Å²) in [6.07, 6.45) is 0.660. The smallest absolute Gasteiger partial charge is 0.407 e. The number of halogens is 1. The number of nitrogens with zero attached hydrogens (tertiary/aromatic N) is 5. The highest BCUT2D eigenvalue weighted by atomic mass is 19.1. The number of anilines is 1. The standard InChI is InChI=1S/C28H41FN8O5/c1-7-31-25(21-12-18(14-40-6)34-36(21)5)32-23-13-20(35-37(23)15-41-26(38)24(30)16(2)3)17-10-19(29)22(11-17)42-27(39)33-28(4)8-9-28/h7,12-13,16-17,19,22,24H,1,8-11,14-15,30H2,2-6H3,(H,31,32)(H,33,39). The second kappa shape index (κ2) is 13.0. The Labute approximate surface area is 244 Å². The van der Waals surface area contributed by atoms with Crippen LogP contribution in [-0.2, 0) is 39.4 Å². The summed E-state index contributed by atoms with van der Waals surface area (Å²) >= 11 is 0. The molecule has 0 saturated heterocycles. The van der Waals surface area contributed by atoms with Gasteiger partial charge in [0.2, 0.25) is 0 Å². The lowest BCUT2D eigenvalue weighted by Crippen LogP contribution is -2.38. The molecule has 2 fully saturated rings. The van der Waals surface area contributed by atoms with Crippen LogP contribution in [0, 0.1) is 5.92 Å². The lowest BCUT2D eigenvalue weighted by molar-refractivity contribution is -0.150. The molecule has 230 valence electrons. The molecule has 0 aromatic carbocycles. The van der Waals surface area contributed by atoms with Crippen LogP contribution in [0.25, 0.3) is 0 Å². The highest BCUT2D eigenvalue weighted by Gasteiger charge is 2.43. The van der Waals surface area contributed by atoms with Crippen molar-refractivity contribution in [2.75, 3.05) is 12.4 Å². The van der Waals surface area contributed by atoms with Crippen molar-refractivity contribution in [2.24, 2.45) is 23.7 Å². The second-order valence-corrected chi connectivity index (χ2v) is 11.5. The summed E-state index contributed by atoms with van der Waals surface area (Å²) in [6.45, 7) is 9.37. The molecule has 4 rings (SSSR count). The van der Waals surface area contributed by atoms with Gasteiger partial charge in [0, 0.05) is 37.9 Å². The summed E-state index contributed by atoms with van der Waals surface area (Å²) in [5.41, 5.74) is 7.59. The number of rotatable bonds is 12. The van der Waals surface area contributed by atoms with E-state index < -0.39 is 30.4 Å². The molecule has 4 unspecified atom stereocenters. The minimum atomic E-state index is -1.34. The maximum atomic E-state index is 15.0. The Morgan fingerprint density at radius 2 is 2.05 bits per heavy atom. The number of nitrogens with one attached hydrogen (secondary N) is 2. The molecular formula is C28H41FN8O5. The lowest BCUT2D eigenvalue weighted by atomic mass is 10.0. The fourth-order valence-corrected chi connectivity index (χ4v) is 4.71. The predicted molar refractivity (Wildman–Crippen MR) is 153 cm³/mol. The van der Waals surface area contributed by atoms with Crippen LogP contribution in [0.5, 0.6) is 0 Å². The maximum Gasteiger partial charge on any atom is 0.407 e. The van der Waals surface area contributed by atoms with Crippen molar-refractivity contribution in [3.05, 3.63) is 42.0 Å². The maximum absolute atomic E-state index is 15.0. The number of aromatic nitrogens is 4. The van der Waals surface area contributed by atoms with Gasteiger partial charge in [0.05, 0.1) is 18.0 Å². The quantitative estimate of drug-likeness (QED) is 0.192. The van der Waals surface area contributed by atoms with Gasteiger partial charge in [0.15, 0.2) is 12.6 Å². The van der Waals surface area contributed by atoms with Crippen molar-refractivity contribution in [2.45, 2.75) is 89.6 Å². The molecule has 2 heterocycles. The Balaban J connectivity index is 1.56. The van der Waals surface area contributed by atoms with Gasteiger partial charge in [0.1, 0.15) is 29.8 Å². The van der Waals surface area contributed by atoms with E-state index in [4.69, 9.17) is 19.9 Å². The molecule has 2 aliphatic carbocycles. The topological polar surface area (TPSA) is 160 Å². The zero-order valence-electron chi connectivity index (χ0n) is 24.8. The van der Waals surface area contributed by atoms with E-state index in [0.29, 0.717) is 35.3 Å². The number of carbonyl (C=O) groups is 2. The van der Waals surface area contributed by atoms with Gasteiger partial charge in [-0.05, 0) is 44.6 Å². The van der Waals surface area contributed by atoms with E-state index in [-0.39, 0.29) is 36.9 Å². The molecule has 4 N–H and O–H groups in total. The van der Waals surface area contributed by atoms with Gasteiger partial charge in [-0.2, -0.15) is 10.2 Å². The number of esters is 1. The number of hydrogen-bond acceptors (Lipinski definition) is 9. The monoisotopic (exact) mass is 588 g/mol. The van der Waals surface area contributed by atoms with Gasteiger partial charge >= 0.3 is 12.1 Å². The number of hydrogen-bond donors (Lipinski definition) is 3. The molecule has 2 aromatic heterocycles. The molecule has 14 heteroatoms. The number of alkyl carbamates (subject to hydrolysis) is 1. The normalized spacial score (nSPS) is 22.1. The summed E-state index contributed by atoms with van der Waals surface area (Å²) in [5, 5.41) is 15.1. The second-order valence-electron chi connectivity index (χ2n) is 11.5. The minimum absolute atomic E-state index is 0.114. The molecule has 2 aromatic rings. The summed E-state index contributed by atoms with van der Waals surface area (Å²) < 4.78 is 34.2. The highest BCUT2D eigenvalue weighted by Crippen LogP contribution is 2.39. The minimum Gasteiger partial charge on any atom is -0.443 e. The first kappa shape index (κ1) is 31.2. The lowest BCUT2D eigenvalue weighted by Gasteiger charge is -2.17. The molecule has 0 spiro atoms. The Bertz CT molecular complexity index is 1320. The van der Waals surface area contributed by atoms with Crippen molar-refractivity contribution in [1.29, 1.82) is 0 Å². The van der Waals surface area contributed by atoms with E-state index >= 15 is 4.39 Å². The molecule has 42 heavy (non-hydrogen) atoms. The number of aryl methyl sites for hydroxylation is 1.